The van der Waals surface area contributed by atoms with E-state index in [1.807, 2.05) is 18.2 Å². The number of methoxy groups -OCH3 is 1. The van der Waals surface area contributed by atoms with Crippen molar-refractivity contribution in [1.29, 1.82) is 0 Å². The SMILES string of the molecule is COc1ccc([C@@H]2C[C@H]2/C=C\OC(C)=O)cc1. The van der Waals surface area contributed by atoms with Gasteiger partial charge in [-0.05, 0) is 42.0 Å². The van der Waals surface area contributed by atoms with Crippen molar-refractivity contribution in [2.75, 3.05) is 7.11 Å². The molecule has 2 atom stereocenters. The topological polar surface area (TPSA) is 35.5 Å². The van der Waals surface area contributed by atoms with E-state index in [1.165, 1.54) is 18.7 Å². The monoisotopic (exact) mass is 232 g/mol. The maximum atomic E-state index is 10.6. The zero-order valence-corrected chi connectivity index (χ0v) is 10.1. The largest absolute Gasteiger partial charge is 0.497 e. The Morgan fingerprint density at radius 3 is 2.65 bits per heavy atom. The Labute approximate surface area is 101 Å². The molecule has 0 spiro atoms. The van der Waals surface area contributed by atoms with Gasteiger partial charge in [0.05, 0.1) is 13.4 Å². The molecule has 1 aromatic carbocycles. The Balaban J connectivity index is 1.89. The minimum atomic E-state index is -0.275. The van der Waals surface area contributed by atoms with E-state index >= 15 is 0 Å². The summed E-state index contributed by atoms with van der Waals surface area (Å²) < 4.78 is 9.89. The highest BCUT2D eigenvalue weighted by atomic mass is 16.5. The highest BCUT2D eigenvalue weighted by Gasteiger charge is 2.36. The Hall–Kier alpha value is -1.77. The molecule has 0 saturated heterocycles. The second kappa shape index (κ2) is 5.04. The third kappa shape index (κ3) is 3.09. The van der Waals surface area contributed by atoms with Crippen LogP contribution >= 0.6 is 0 Å². The summed E-state index contributed by atoms with van der Waals surface area (Å²) in [6, 6.07) is 8.12. The van der Waals surface area contributed by atoms with Crippen LogP contribution in [0.1, 0.15) is 24.8 Å². The summed E-state index contributed by atoms with van der Waals surface area (Å²) in [6.07, 6.45) is 4.57. The van der Waals surface area contributed by atoms with E-state index in [-0.39, 0.29) is 5.97 Å². The molecule has 1 aliphatic carbocycles. The highest BCUT2D eigenvalue weighted by molar-refractivity contribution is 5.66. The van der Waals surface area contributed by atoms with Gasteiger partial charge in [0.15, 0.2) is 0 Å². The van der Waals surface area contributed by atoms with Crippen LogP contribution in [-0.2, 0) is 9.53 Å². The summed E-state index contributed by atoms with van der Waals surface area (Å²) in [6.45, 7) is 1.40. The van der Waals surface area contributed by atoms with Crippen LogP contribution in [0.4, 0.5) is 0 Å². The molecule has 3 nitrogen and oxygen atoms in total. The van der Waals surface area contributed by atoms with Crippen molar-refractivity contribution in [3.8, 4) is 5.75 Å². The molecule has 0 aromatic heterocycles. The molecule has 17 heavy (non-hydrogen) atoms. The first-order chi connectivity index (χ1) is 8.20. The van der Waals surface area contributed by atoms with Crippen molar-refractivity contribution >= 4 is 5.97 Å². The zero-order valence-electron chi connectivity index (χ0n) is 10.1. The number of carbonyl (C=O) groups excluding carboxylic acids is 1. The van der Waals surface area contributed by atoms with E-state index in [0.29, 0.717) is 11.8 Å². The lowest BCUT2D eigenvalue weighted by Gasteiger charge is -2.01. The lowest BCUT2D eigenvalue weighted by molar-refractivity contribution is -0.135. The van der Waals surface area contributed by atoms with Gasteiger partial charge in [-0.2, -0.15) is 0 Å². The number of benzene rings is 1. The summed E-state index contributed by atoms with van der Waals surface area (Å²) in [4.78, 5) is 10.6. The van der Waals surface area contributed by atoms with Gasteiger partial charge in [0.2, 0.25) is 0 Å². The summed E-state index contributed by atoms with van der Waals surface area (Å²) in [5.41, 5.74) is 1.31. The molecule has 0 amide bonds. The molecule has 1 aromatic rings. The maximum Gasteiger partial charge on any atom is 0.307 e. The van der Waals surface area contributed by atoms with Gasteiger partial charge in [-0.15, -0.1) is 0 Å². The van der Waals surface area contributed by atoms with Gasteiger partial charge in [0.25, 0.3) is 0 Å². The maximum absolute atomic E-state index is 10.6. The van der Waals surface area contributed by atoms with Crippen molar-refractivity contribution in [3.63, 3.8) is 0 Å². The van der Waals surface area contributed by atoms with E-state index in [0.717, 1.165) is 12.2 Å². The number of hydrogen-bond acceptors (Lipinski definition) is 3. The second-order valence-corrected chi connectivity index (χ2v) is 4.22. The van der Waals surface area contributed by atoms with Crippen molar-refractivity contribution in [2.45, 2.75) is 19.3 Å². The van der Waals surface area contributed by atoms with Crippen LogP contribution in [0.2, 0.25) is 0 Å². The molecule has 1 saturated carbocycles. The quantitative estimate of drug-likeness (QED) is 0.591. The number of carbonyl (C=O) groups is 1. The number of ether oxygens (including phenoxy) is 2. The van der Waals surface area contributed by atoms with Crippen LogP contribution in [0.15, 0.2) is 36.6 Å². The number of esters is 1. The first kappa shape index (κ1) is 11.7. The van der Waals surface area contributed by atoms with Crippen LogP contribution in [-0.4, -0.2) is 13.1 Å². The van der Waals surface area contributed by atoms with Crippen LogP contribution < -0.4 is 4.74 Å². The molecule has 2 rings (SSSR count). The zero-order chi connectivity index (χ0) is 12.3. The molecule has 0 N–H and O–H groups in total. The van der Waals surface area contributed by atoms with E-state index in [1.54, 1.807) is 7.11 Å². The van der Waals surface area contributed by atoms with E-state index in [2.05, 4.69) is 12.1 Å². The summed E-state index contributed by atoms with van der Waals surface area (Å²) in [5.74, 6) is 1.64. The third-order valence-electron chi connectivity index (χ3n) is 2.94. The fourth-order valence-electron chi connectivity index (χ4n) is 1.90. The lowest BCUT2D eigenvalue weighted by atomic mass is 10.1. The van der Waals surface area contributed by atoms with Gasteiger partial charge >= 0.3 is 5.97 Å². The summed E-state index contributed by atoms with van der Waals surface area (Å²) >= 11 is 0. The second-order valence-electron chi connectivity index (χ2n) is 4.22. The average molecular weight is 232 g/mol. The molecular formula is C14H16O3. The summed E-state index contributed by atoms with van der Waals surface area (Å²) in [5, 5.41) is 0. The van der Waals surface area contributed by atoms with Gasteiger partial charge in [0, 0.05) is 6.92 Å². The van der Waals surface area contributed by atoms with Gasteiger partial charge in [0.1, 0.15) is 5.75 Å². The van der Waals surface area contributed by atoms with Crippen LogP contribution in [0, 0.1) is 5.92 Å². The fourth-order valence-corrected chi connectivity index (χ4v) is 1.90. The molecule has 0 bridgehead atoms. The molecule has 0 radical (unpaired) electrons. The first-order valence-corrected chi connectivity index (χ1v) is 5.68. The van der Waals surface area contributed by atoms with Crippen LogP contribution in [0.3, 0.4) is 0 Å². The molecule has 3 heteroatoms. The number of rotatable bonds is 4. The van der Waals surface area contributed by atoms with E-state index in [4.69, 9.17) is 9.47 Å². The normalized spacial score (nSPS) is 22.5. The Morgan fingerprint density at radius 2 is 2.06 bits per heavy atom. The highest BCUT2D eigenvalue weighted by Crippen LogP contribution is 2.48. The van der Waals surface area contributed by atoms with Crippen molar-refractivity contribution in [3.05, 3.63) is 42.2 Å². The Kier molecular flexibility index (Phi) is 3.47. The fraction of sp³-hybridized carbons (Fsp3) is 0.357. The van der Waals surface area contributed by atoms with Gasteiger partial charge in [-0.25, -0.2) is 0 Å². The molecule has 0 aliphatic heterocycles. The van der Waals surface area contributed by atoms with Crippen molar-refractivity contribution in [1.82, 2.24) is 0 Å². The average Bonchev–Trinajstić information content (AvgIpc) is 3.08. The van der Waals surface area contributed by atoms with Crippen LogP contribution in [0.5, 0.6) is 5.75 Å². The first-order valence-electron chi connectivity index (χ1n) is 5.68. The standard InChI is InChI=1S/C14H16O3/c1-10(15)17-8-7-12-9-14(12)11-3-5-13(16-2)6-4-11/h3-8,12,14H,9H2,1-2H3/b8-7-/t12-,14+/m1/s1. The predicted octanol–water partition coefficient (Wildman–Crippen LogP) is 2.88. The number of allylic oxidation sites excluding steroid dienone is 1. The third-order valence-corrected chi connectivity index (χ3v) is 2.94. The van der Waals surface area contributed by atoms with Crippen molar-refractivity contribution in [2.24, 2.45) is 5.92 Å². The van der Waals surface area contributed by atoms with Gasteiger partial charge in [-0.1, -0.05) is 12.1 Å². The minimum absolute atomic E-state index is 0.275. The smallest absolute Gasteiger partial charge is 0.307 e. The predicted molar refractivity (Wildman–Crippen MR) is 64.7 cm³/mol. The molecule has 0 heterocycles. The molecule has 90 valence electrons. The molecular weight excluding hydrogens is 216 g/mol. The lowest BCUT2D eigenvalue weighted by Crippen LogP contribution is -1.90. The van der Waals surface area contributed by atoms with Crippen molar-refractivity contribution < 1.29 is 14.3 Å². The van der Waals surface area contributed by atoms with Gasteiger partial charge in [-0.3, -0.25) is 4.79 Å². The molecule has 0 unspecified atom stereocenters. The molecule has 1 aliphatic rings. The minimum Gasteiger partial charge on any atom is -0.497 e. The van der Waals surface area contributed by atoms with Gasteiger partial charge < -0.3 is 9.47 Å². The van der Waals surface area contributed by atoms with Crippen LogP contribution in [0.25, 0.3) is 0 Å². The Bertz CT molecular complexity index is 420. The van der Waals surface area contributed by atoms with E-state index < -0.39 is 0 Å². The number of hydrogen-bond donors (Lipinski definition) is 0. The Morgan fingerprint density at radius 1 is 1.35 bits per heavy atom. The van der Waals surface area contributed by atoms with E-state index in [9.17, 15) is 4.79 Å². The molecule has 1 fully saturated rings. The summed E-state index contributed by atoms with van der Waals surface area (Å²) in [7, 11) is 1.66.